The molecule has 0 aliphatic rings. The normalized spacial score (nSPS) is 12.9. The lowest BCUT2D eigenvalue weighted by Gasteiger charge is -2.27. The van der Waals surface area contributed by atoms with Gasteiger partial charge in [0.25, 0.3) is 0 Å². The summed E-state index contributed by atoms with van der Waals surface area (Å²) in [4.78, 5) is 12.3. The van der Waals surface area contributed by atoms with E-state index in [9.17, 15) is 10.1 Å². The molecule has 7 nitrogen and oxygen atoms in total. The number of aromatic nitrogens is 3. The molecule has 8 heteroatoms. The fourth-order valence-corrected chi connectivity index (χ4v) is 3.15. The Morgan fingerprint density at radius 2 is 2.11 bits per heavy atom. The molecule has 0 radical (unpaired) electrons. The number of methoxy groups -OCH3 is 1. The molecule has 2 rings (SSSR count). The van der Waals surface area contributed by atoms with Crippen molar-refractivity contribution in [3.63, 3.8) is 0 Å². The molecule has 0 saturated carbocycles. The molecule has 0 spiro atoms. The van der Waals surface area contributed by atoms with Gasteiger partial charge in [-0.25, -0.2) is 0 Å². The van der Waals surface area contributed by atoms with E-state index in [-0.39, 0.29) is 17.6 Å². The Morgan fingerprint density at radius 3 is 2.64 bits per heavy atom. The Kier molecular flexibility index (Phi) is 7.24. The Morgan fingerprint density at radius 1 is 1.43 bits per heavy atom. The number of ether oxygens (including phenoxy) is 1. The van der Waals surface area contributed by atoms with Crippen LogP contribution in [0.2, 0.25) is 0 Å². The van der Waals surface area contributed by atoms with Crippen LogP contribution in [0.25, 0.3) is 11.4 Å². The topological polar surface area (TPSA) is 92.8 Å². The first-order valence-corrected chi connectivity index (χ1v) is 9.86. The maximum absolute atomic E-state index is 12.3. The summed E-state index contributed by atoms with van der Waals surface area (Å²) in [5, 5.41) is 21.3. The van der Waals surface area contributed by atoms with E-state index >= 15 is 0 Å². The third-order valence-electron chi connectivity index (χ3n) is 4.50. The second kappa shape index (κ2) is 9.42. The summed E-state index contributed by atoms with van der Waals surface area (Å²) in [7, 11) is 1.62. The van der Waals surface area contributed by atoms with Crippen molar-refractivity contribution in [3.05, 3.63) is 36.9 Å². The largest absolute Gasteiger partial charge is 0.497 e. The molecule has 0 saturated heterocycles. The highest BCUT2D eigenvalue weighted by Gasteiger charge is 2.30. The maximum Gasteiger partial charge on any atom is 0.231 e. The monoisotopic (exact) mass is 399 g/mol. The van der Waals surface area contributed by atoms with Crippen LogP contribution in [0.3, 0.4) is 0 Å². The third kappa shape index (κ3) is 4.93. The lowest BCUT2D eigenvalue weighted by Crippen LogP contribution is -2.49. The predicted molar refractivity (Wildman–Crippen MR) is 110 cm³/mol. The number of nitrogens with zero attached hydrogens (tertiary/aromatic N) is 4. The molecular formula is C20H25N5O2S. The first-order valence-electron chi connectivity index (χ1n) is 8.88. The van der Waals surface area contributed by atoms with Gasteiger partial charge in [-0.2, -0.15) is 5.26 Å². The van der Waals surface area contributed by atoms with E-state index in [1.54, 1.807) is 20.1 Å². The lowest BCUT2D eigenvalue weighted by atomic mass is 9.90. The summed E-state index contributed by atoms with van der Waals surface area (Å²) in [5.41, 5.74) is -0.0101. The van der Waals surface area contributed by atoms with Gasteiger partial charge in [0, 0.05) is 12.1 Å². The van der Waals surface area contributed by atoms with Gasteiger partial charge in [-0.15, -0.1) is 16.8 Å². The Bertz CT molecular complexity index is 870. The summed E-state index contributed by atoms with van der Waals surface area (Å²) in [6, 6.07) is 9.71. The molecule has 1 atom stereocenters. The van der Waals surface area contributed by atoms with Crippen LogP contribution in [-0.4, -0.2) is 39.1 Å². The van der Waals surface area contributed by atoms with Gasteiger partial charge in [0.05, 0.1) is 18.9 Å². The van der Waals surface area contributed by atoms with Crippen LogP contribution in [0.5, 0.6) is 5.75 Å². The minimum atomic E-state index is -0.902. The molecule has 1 N–H and O–H groups in total. The van der Waals surface area contributed by atoms with E-state index < -0.39 is 5.54 Å². The number of carbonyl (C=O) groups excluding carboxylic acids is 1. The Balaban J connectivity index is 2.16. The van der Waals surface area contributed by atoms with Crippen molar-refractivity contribution in [2.75, 3.05) is 12.9 Å². The van der Waals surface area contributed by atoms with Crippen LogP contribution < -0.4 is 10.1 Å². The molecule has 0 aliphatic carbocycles. The molecule has 0 aliphatic heterocycles. The van der Waals surface area contributed by atoms with Crippen molar-refractivity contribution in [1.29, 1.82) is 5.26 Å². The van der Waals surface area contributed by atoms with Crippen LogP contribution in [0.4, 0.5) is 0 Å². The highest BCUT2D eigenvalue weighted by atomic mass is 32.2. The highest BCUT2D eigenvalue weighted by Crippen LogP contribution is 2.26. The fraction of sp³-hybridized carbons (Fsp3) is 0.400. The van der Waals surface area contributed by atoms with Crippen LogP contribution in [-0.2, 0) is 11.3 Å². The lowest BCUT2D eigenvalue weighted by molar-refractivity contribution is -0.120. The van der Waals surface area contributed by atoms with Gasteiger partial charge in [0.15, 0.2) is 11.0 Å². The molecule has 0 bridgehead atoms. The fourth-order valence-electron chi connectivity index (χ4n) is 2.40. The van der Waals surface area contributed by atoms with E-state index in [2.05, 4.69) is 28.2 Å². The van der Waals surface area contributed by atoms with Crippen molar-refractivity contribution >= 4 is 17.7 Å². The van der Waals surface area contributed by atoms with Gasteiger partial charge in [-0.3, -0.25) is 9.36 Å². The molecule has 2 aromatic rings. The zero-order chi connectivity index (χ0) is 20.7. The summed E-state index contributed by atoms with van der Waals surface area (Å²) in [6.45, 7) is 9.83. The van der Waals surface area contributed by atoms with Gasteiger partial charge in [0.1, 0.15) is 11.3 Å². The Labute approximate surface area is 169 Å². The zero-order valence-corrected chi connectivity index (χ0v) is 17.4. The molecule has 1 aromatic heterocycles. The highest BCUT2D eigenvalue weighted by molar-refractivity contribution is 7.99. The van der Waals surface area contributed by atoms with E-state index in [4.69, 9.17) is 4.74 Å². The second-order valence-corrected chi connectivity index (χ2v) is 7.68. The molecule has 1 amide bonds. The maximum atomic E-state index is 12.3. The number of benzene rings is 1. The van der Waals surface area contributed by atoms with Crippen molar-refractivity contribution in [2.24, 2.45) is 5.92 Å². The van der Waals surface area contributed by atoms with Crippen LogP contribution >= 0.6 is 11.8 Å². The van der Waals surface area contributed by atoms with E-state index in [0.717, 1.165) is 11.3 Å². The molecule has 28 heavy (non-hydrogen) atoms. The van der Waals surface area contributed by atoms with E-state index in [0.29, 0.717) is 17.5 Å². The standard InChI is InChI=1S/C20H25N5O2S/c1-6-11-25-18(15-7-9-16(27-5)10-8-15)23-24-19(25)28-12-17(26)22-20(4,13-21)14(2)3/h6-10,14H,1,11-12H2,2-5H3,(H,22,26)/t20-/m1/s1. The van der Waals surface area contributed by atoms with Gasteiger partial charge in [0.2, 0.25) is 5.91 Å². The van der Waals surface area contributed by atoms with Gasteiger partial charge in [-0.05, 0) is 37.1 Å². The SMILES string of the molecule is C=CCn1c(SCC(=O)N[C@](C)(C#N)C(C)C)nnc1-c1ccc(OC)cc1. The molecule has 0 unspecified atom stereocenters. The number of rotatable bonds is 9. The minimum absolute atomic E-state index is 0.00227. The van der Waals surface area contributed by atoms with E-state index in [1.165, 1.54) is 11.8 Å². The van der Waals surface area contributed by atoms with Crippen LogP contribution in [0.15, 0.2) is 42.1 Å². The summed E-state index contributed by atoms with van der Waals surface area (Å²) < 4.78 is 7.09. The van der Waals surface area contributed by atoms with Crippen molar-refractivity contribution in [2.45, 2.75) is 38.0 Å². The Hall–Kier alpha value is -2.79. The average molecular weight is 400 g/mol. The average Bonchev–Trinajstić information content (AvgIpc) is 3.09. The minimum Gasteiger partial charge on any atom is -0.497 e. The van der Waals surface area contributed by atoms with Crippen LogP contribution in [0.1, 0.15) is 20.8 Å². The zero-order valence-electron chi connectivity index (χ0n) is 16.6. The molecule has 1 heterocycles. The van der Waals surface area contributed by atoms with Crippen molar-refractivity contribution < 1.29 is 9.53 Å². The molecular weight excluding hydrogens is 374 g/mol. The van der Waals surface area contributed by atoms with Gasteiger partial charge in [-0.1, -0.05) is 31.7 Å². The van der Waals surface area contributed by atoms with Crippen molar-refractivity contribution in [3.8, 4) is 23.2 Å². The number of nitriles is 1. The predicted octanol–water partition coefficient (Wildman–Crippen LogP) is 3.29. The van der Waals surface area contributed by atoms with Crippen LogP contribution in [0, 0.1) is 17.2 Å². The number of allylic oxidation sites excluding steroid dienone is 1. The first-order chi connectivity index (χ1) is 13.3. The van der Waals surface area contributed by atoms with E-state index in [1.807, 2.05) is 42.7 Å². The number of hydrogen-bond acceptors (Lipinski definition) is 6. The number of thioether (sulfide) groups is 1. The third-order valence-corrected chi connectivity index (χ3v) is 5.46. The summed E-state index contributed by atoms with van der Waals surface area (Å²) in [5.74, 6) is 1.37. The number of carbonyl (C=O) groups is 1. The van der Waals surface area contributed by atoms with Crippen molar-refractivity contribution in [1.82, 2.24) is 20.1 Å². The first kappa shape index (κ1) is 21.5. The number of amides is 1. The number of hydrogen-bond donors (Lipinski definition) is 1. The molecule has 1 aromatic carbocycles. The van der Waals surface area contributed by atoms with Gasteiger partial charge < -0.3 is 10.1 Å². The van der Waals surface area contributed by atoms with Gasteiger partial charge >= 0.3 is 0 Å². The summed E-state index contributed by atoms with van der Waals surface area (Å²) in [6.07, 6.45) is 1.76. The molecule has 0 fully saturated rings. The second-order valence-electron chi connectivity index (χ2n) is 6.74. The quantitative estimate of drug-likeness (QED) is 0.514. The smallest absolute Gasteiger partial charge is 0.231 e. The molecule has 148 valence electrons. The summed E-state index contributed by atoms with van der Waals surface area (Å²) >= 11 is 1.28. The number of nitrogens with one attached hydrogen (secondary N) is 1.